The molecule has 0 heterocycles. The predicted molar refractivity (Wildman–Crippen MR) is 121 cm³/mol. The van der Waals surface area contributed by atoms with Gasteiger partial charge in [0.25, 0.3) is 10.0 Å². The molecule has 0 saturated carbocycles. The number of halogens is 1. The van der Waals surface area contributed by atoms with Crippen LogP contribution in [-0.4, -0.2) is 27.4 Å². The summed E-state index contributed by atoms with van der Waals surface area (Å²) in [5.41, 5.74) is 2.49. The number of carbonyl (C=O) groups is 1. The van der Waals surface area contributed by atoms with Gasteiger partial charge in [0.2, 0.25) is 5.91 Å². The second-order valence-electron chi connectivity index (χ2n) is 7.46. The fraction of sp³-hybridized carbons (Fsp3) is 0.348. The first-order valence-electron chi connectivity index (χ1n) is 10.2. The summed E-state index contributed by atoms with van der Waals surface area (Å²) in [7, 11) is -3.91. The quantitative estimate of drug-likeness (QED) is 0.589. The zero-order valence-corrected chi connectivity index (χ0v) is 18.7. The number of hydrogen-bond acceptors (Lipinski definition) is 3. The Kier molecular flexibility index (Phi) is 7.56. The van der Waals surface area contributed by atoms with E-state index in [2.05, 4.69) is 11.4 Å². The number of sulfonamides is 1. The first-order chi connectivity index (χ1) is 14.4. The van der Waals surface area contributed by atoms with Gasteiger partial charge in [-0.05, 0) is 74.9 Å². The van der Waals surface area contributed by atoms with Crippen LogP contribution in [0.15, 0.2) is 65.1 Å². The van der Waals surface area contributed by atoms with Gasteiger partial charge >= 0.3 is 0 Å². The van der Waals surface area contributed by atoms with Crippen molar-refractivity contribution >= 4 is 33.2 Å². The maximum absolute atomic E-state index is 13.3. The number of hydrogen-bond donors (Lipinski definition) is 1. The van der Waals surface area contributed by atoms with Crippen molar-refractivity contribution in [1.29, 1.82) is 0 Å². The molecular formula is C23H27ClN2O3S. The molecule has 1 amide bonds. The third kappa shape index (κ3) is 5.64. The van der Waals surface area contributed by atoms with Crippen LogP contribution in [0.3, 0.4) is 0 Å². The number of nitrogens with zero attached hydrogens (tertiary/aromatic N) is 1. The number of amides is 1. The van der Waals surface area contributed by atoms with Crippen molar-refractivity contribution in [2.45, 2.75) is 43.9 Å². The Morgan fingerprint density at radius 1 is 1.13 bits per heavy atom. The minimum Gasteiger partial charge on any atom is -0.354 e. The number of nitrogens with one attached hydrogen (secondary N) is 1. The zero-order valence-electron chi connectivity index (χ0n) is 17.1. The first-order valence-corrected chi connectivity index (χ1v) is 12.0. The molecule has 0 aliphatic heterocycles. The van der Waals surface area contributed by atoms with Crippen molar-refractivity contribution in [2.75, 3.05) is 17.4 Å². The van der Waals surface area contributed by atoms with Gasteiger partial charge in [-0.15, -0.1) is 0 Å². The molecule has 0 fully saturated rings. The lowest BCUT2D eigenvalue weighted by Gasteiger charge is -2.26. The molecule has 7 heteroatoms. The average Bonchev–Trinajstić information content (AvgIpc) is 2.74. The molecule has 0 spiro atoms. The summed E-state index contributed by atoms with van der Waals surface area (Å²) in [6, 6.07) is 13.1. The monoisotopic (exact) mass is 446 g/mol. The summed E-state index contributed by atoms with van der Waals surface area (Å²) in [5, 5.41) is 3.39. The smallest absolute Gasteiger partial charge is 0.264 e. The van der Waals surface area contributed by atoms with E-state index in [0.717, 1.165) is 23.6 Å². The van der Waals surface area contributed by atoms with Crippen molar-refractivity contribution in [1.82, 2.24) is 5.32 Å². The number of carbonyl (C=O) groups excluding carboxylic acids is 1. The van der Waals surface area contributed by atoms with Gasteiger partial charge in [0.1, 0.15) is 6.54 Å². The largest absolute Gasteiger partial charge is 0.354 e. The summed E-state index contributed by atoms with van der Waals surface area (Å²) in [6.45, 7) is 1.99. The van der Waals surface area contributed by atoms with Crippen molar-refractivity contribution in [3.63, 3.8) is 0 Å². The van der Waals surface area contributed by atoms with E-state index < -0.39 is 10.0 Å². The van der Waals surface area contributed by atoms with Crippen LogP contribution in [0, 0.1) is 6.92 Å². The predicted octanol–water partition coefficient (Wildman–Crippen LogP) is 4.85. The Balaban J connectivity index is 1.79. The summed E-state index contributed by atoms with van der Waals surface area (Å²) >= 11 is 6.05. The highest BCUT2D eigenvalue weighted by Gasteiger charge is 2.28. The van der Waals surface area contributed by atoms with Crippen LogP contribution < -0.4 is 9.62 Å². The SMILES string of the molecule is Cc1cc(Cl)ccc1N(CC(=O)NCCC1=CCCCC1)S(=O)(=O)c1ccccc1. The van der Waals surface area contributed by atoms with Crippen LogP contribution >= 0.6 is 11.6 Å². The summed E-state index contributed by atoms with van der Waals surface area (Å²) < 4.78 is 27.8. The molecular weight excluding hydrogens is 420 g/mol. The Hall–Kier alpha value is -2.31. The highest BCUT2D eigenvalue weighted by Crippen LogP contribution is 2.28. The molecule has 1 aliphatic carbocycles. The molecule has 0 aromatic heterocycles. The van der Waals surface area contributed by atoms with Gasteiger partial charge in [0, 0.05) is 11.6 Å². The van der Waals surface area contributed by atoms with Crippen molar-refractivity contribution in [3.05, 3.63) is 70.8 Å². The summed E-state index contributed by atoms with van der Waals surface area (Å²) in [6.07, 6.45) is 7.65. The van der Waals surface area contributed by atoms with Crippen LogP contribution in [0.4, 0.5) is 5.69 Å². The Morgan fingerprint density at radius 2 is 1.90 bits per heavy atom. The van der Waals surface area contributed by atoms with Gasteiger partial charge in [0.05, 0.1) is 10.6 Å². The van der Waals surface area contributed by atoms with Gasteiger partial charge < -0.3 is 5.32 Å². The second-order valence-corrected chi connectivity index (χ2v) is 9.76. The van der Waals surface area contributed by atoms with Crippen LogP contribution in [0.5, 0.6) is 0 Å². The average molecular weight is 447 g/mol. The number of rotatable bonds is 8. The molecule has 1 aliphatic rings. The Morgan fingerprint density at radius 3 is 2.57 bits per heavy atom. The lowest BCUT2D eigenvalue weighted by Crippen LogP contribution is -2.41. The van der Waals surface area contributed by atoms with E-state index in [9.17, 15) is 13.2 Å². The number of aryl methyl sites for hydroxylation is 1. The molecule has 2 aromatic carbocycles. The van der Waals surface area contributed by atoms with Crippen LogP contribution in [0.1, 0.15) is 37.7 Å². The number of benzene rings is 2. The Bertz CT molecular complexity index is 1020. The van der Waals surface area contributed by atoms with E-state index in [4.69, 9.17) is 11.6 Å². The molecule has 0 radical (unpaired) electrons. The number of anilines is 1. The summed E-state index contributed by atoms with van der Waals surface area (Å²) in [5.74, 6) is -0.333. The first kappa shape index (κ1) is 22.4. The normalized spacial score (nSPS) is 14.1. The fourth-order valence-corrected chi connectivity index (χ4v) is 5.33. The van der Waals surface area contributed by atoms with Crippen molar-refractivity contribution < 1.29 is 13.2 Å². The lowest BCUT2D eigenvalue weighted by molar-refractivity contribution is -0.119. The fourth-order valence-electron chi connectivity index (χ4n) is 3.60. The second kappa shape index (κ2) is 10.1. The van der Waals surface area contributed by atoms with Gasteiger partial charge in [0.15, 0.2) is 0 Å². The molecule has 3 rings (SSSR count). The van der Waals surface area contributed by atoms with Crippen LogP contribution in [-0.2, 0) is 14.8 Å². The van der Waals surface area contributed by atoms with E-state index in [-0.39, 0.29) is 17.3 Å². The van der Waals surface area contributed by atoms with Gasteiger partial charge in [-0.1, -0.05) is 41.4 Å². The van der Waals surface area contributed by atoms with E-state index in [1.165, 1.54) is 30.5 Å². The van der Waals surface area contributed by atoms with Crippen LogP contribution in [0.25, 0.3) is 0 Å². The lowest BCUT2D eigenvalue weighted by atomic mass is 9.97. The molecule has 0 saturated heterocycles. The molecule has 160 valence electrons. The highest BCUT2D eigenvalue weighted by atomic mass is 35.5. The Labute approximate surface area is 183 Å². The van der Waals surface area contributed by atoms with E-state index >= 15 is 0 Å². The third-order valence-corrected chi connectivity index (χ3v) is 7.21. The highest BCUT2D eigenvalue weighted by molar-refractivity contribution is 7.92. The third-order valence-electron chi connectivity index (χ3n) is 5.20. The maximum Gasteiger partial charge on any atom is 0.264 e. The summed E-state index contributed by atoms with van der Waals surface area (Å²) in [4.78, 5) is 12.8. The topological polar surface area (TPSA) is 66.5 Å². The minimum atomic E-state index is -3.91. The molecule has 1 N–H and O–H groups in total. The maximum atomic E-state index is 13.3. The molecule has 2 aromatic rings. The van der Waals surface area contributed by atoms with E-state index in [0.29, 0.717) is 22.8 Å². The number of allylic oxidation sites excluding steroid dienone is 1. The molecule has 5 nitrogen and oxygen atoms in total. The van der Waals surface area contributed by atoms with Crippen molar-refractivity contribution in [3.8, 4) is 0 Å². The van der Waals surface area contributed by atoms with Gasteiger partial charge in [-0.25, -0.2) is 8.42 Å². The van der Waals surface area contributed by atoms with Crippen molar-refractivity contribution in [2.24, 2.45) is 0 Å². The molecule has 30 heavy (non-hydrogen) atoms. The zero-order chi connectivity index (χ0) is 21.6. The van der Waals surface area contributed by atoms with E-state index in [1.54, 1.807) is 43.3 Å². The van der Waals surface area contributed by atoms with E-state index in [1.807, 2.05) is 0 Å². The minimum absolute atomic E-state index is 0.138. The van der Waals surface area contributed by atoms with Crippen LogP contribution in [0.2, 0.25) is 5.02 Å². The van der Waals surface area contributed by atoms with Gasteiger partial charge in [-0.2, -0.15) is 0 Å². The molecule has 0 unspecified atom stereocenters. The molecule has 0 bridgehead atoms. The molecule has 0 atom stereocenters. The standard InChI is InChI=1S/C23H27ClN2O3S/c1-18-16-20(24)12-13-22(18)26(30(28,29)21-10-6-3-7-11-21)17-23(27)25-15-14-19-8-4-2-5-9-19/h3,6-8,10-13,16H,2,4-5,9,14-15,17H2,1H3,(H,25,27). The van der Waals surface area contributed by atoms with Gasteiger partial charge in [-0.3, -0.25) is 9.10 Å².